The molecule has 42 heavy (non-hydrogen) atoms. The van der Waals surface area contributed by atoms with Crippen LogP contribution in [0.1, 0.15) is 44.2 Å². The van der Waals surface area contributed by atoms with Gasteiger partial charge in [0.05, 0.1) is 6.54 Å². The van der Waals surface area contributed by atoms with Gasteiger partial charge < -0.3 is 15.5 Å². The quantitative estimate of drug-likeness (QED) is 0.386. The largest absolute Gasteiger partial charge is 0.369 e. The summed E-state index contributed by atoms with van der Waals surface area (Å²) in [5, 5.41) is 0. The second-order valence-corrected chi connectivity index (χ2v) is 10.8. The normalized spacial score (nSPS) is 17.1. The molecule has 2 N–H and O–H groups in total. The van der Waals surface area contributed by atoms with E-state index in [2.05, 4.69) is 0 Å². The van der Waals surface area contributed by atoms with Crippen molar-refractivity contribution < 1.29 is 14.4 Å². The summed E-state index contributed by atoms with van der Waals surface area (Å²) in [6.45, 7) is 0.474. The molecule has 3 amide bonds. The summed E-state index contributed by atoms with van der Waals surface area (Å²) in [6, 6.07) is 32.9. The Kier molecular flexibility index (Phi) is 6.82. The molecule has 1 unspecified atom stereocenters. The van der Waals surface area contributed by atoms with E-state index in [1.165, 1.54) is 9.80 Å². The summed E-state index contributed by atoms with van der Waals surface area (Å²) in [7, 11) is 3.38. The number of carbonyl (C=O) groups is 3. The van der Waals surface area contributed by atoms with Gasteiger partial charge in [-0.3, -0.25) is 19.3 Å². The number of carbonyl (C=O) groups excluding carboxylic acids is 3. The molecule has 0 bridgehead atoms. The molecule has 210 valence electrons. The minimum Gasteiger partial charge on any atom is -0.369 e. The van der Waals surface area contributed by atoms with E-state index in [0.717, 1.165) is 27.8 Å². The monoisotopic (exact) mass is 557 g/mol. The number of nitrogens with zero attached hydrogens (tertiary/aromatic N) is 4. The van der Waals surface area contributed by atoms with Gasteiger partial charge in [-0.15, -0.1) is 0 Å². The van der Waals surface area contributed by atoms with E-state index < -0.39 is 11.6 Å². The van der Waals surface area contributed by atoms with Gasteiger partial charge >= 0.3 is 0 Å². The molecule has 0 aromatic heterocycles. The molecular formula is C34H31N5O3. The van der Waals surface area contributed by atoms with Crippen molar-refractivity contribution in [1.29, 1.82) is 0 Å². The van der Waals surface area contributed by atoms with Crippen LogP contribution in [0.15, 0.2) is 114 Å². The van der Waals surface area contributed by atoms with Gasteiger partial charge in [0.1, 0.15) is 6.04 Å². The van der Waals surface area contributed by atoms with Crippen LogP contribution in [0.5, 0.6) is 0 Å². The van der Waals surface area contributed by atoms with Gasteiger partial charge in [0.2, 0.25) is 5.91 Å². The van der Waals surface area contributed by atoms with Gasteiger partial charge in [-0.25, -0.2) is 4.99 Å². The van der Waals surface area contributed by atoms with E-state index in [9.17, 15) is 14.4 Å². The minimum absolute atomic E-state index is 0.107. The van der Waals surface area contributed by atoms with Gasteiger partial charge in [0.25, 0.3) is 11.8 Å². The number of rotatable bonds is 6. The van der Waals surface area contributed by atoms with Crippen molar-refractivity contribution in [2.75, 3.05) is 14.1 Å². The highest BCUT2D eigenvalue weighted by molar-refractivity contribution is 6.09. The summed E-state index contributed by atoms with van der Waals surface area (Å²) < 4.78 is 0. The molecule has 0 saturated carbocycles. The predicted octanol–water partition coefficient (Wildman–Crippen LogP) is 4.07. The number of likely N-dealkylation sites (N-methyl/N-ethyl adjacent to an activating group) is 1. The van der Waals surface area contributed by atoms with Crippen LogP contribution in [-0.4, -0.2) is 52.5 Å². The number of fused-ring (bicyclic) bond motifs is 1. The van der Waals surface area contributed by atoms with Crippen molar-refractivity contribution >= 4 is 23.7 Å². The van der Waals surface area contributed by atoms with E-state index in [1.807, 2.05) is 91.0 Å². The maximum atomic E-state index is 14.2. The molecular weight excluding hydrogens is 526 g/mol. The number of benzene rings is 4. The number of aliphatic imine (C=N–C) groups is 1. The minimum atomic E-state index is -1.30. The van der Waals surface area contributed by atoms with E-state index >= 15 is 0 Å². The third kappa shape index (κ3) is 4.41. The number of hydrogen-bond acceptors (Lipinski definition) is 5. The third-order valence-corrected chi connectivity index (χ3v) is 7.95. The van der Waals surface area contributed by atoms with Gasteiger partial charge in [0, 0.05) is 26.2 Å². The Morgan fingerprint density at radius 3 is 2.14 bits per heavy atom. The Morgan fingerprint density at radius 2 is 1.50 bits per heavy atom. The van der Waals surface area contributed by atoms with Crippen LogP contribution >= 0.6 is 0 Å². The Balaban J connectivity index is 1.30. The first kappa shape index (κ1) is 27.0. The van der Waals surface area contributed by atoms with Crippen molar-refractivity contribution in [3.63, 3.8) is 0 Å². The molecule has 1 atom stereocenters. The van der Waals surface area contributed by atoms with Crippen molar-refractivity contribution in [2.45, 2.75) is 24.7 Å². The van der Waals surface area contributed by atoms with Crippen LogP contribution in [-0.2, 0) is 28.2 Å². The van der Waals surface area contributed by atoms with Crippen LogP contribution in [0.25, 0.3) is 0 Å². The molecule has 8 heteroatoms. The Labute approximate surface area is 244 Å². The highest BCUT2D eigenvalue weighted by Crippen LogP contribution is 2.40. The van der Waals surface area contributed by atoms with E-state index in [1.54, 1.807) is 37.2 Å². The molecule has 0 spiro atoms. The summed E-state index contributed by atoms with van der Waals surface area (Å²) >= 11 is 0. The Bertz CT molecular complexity index is 1660. The second kappa shape index (κ2) is 10.6. The lowest BCUT2D eigenvalue weighted by Crippen LogP contribution is -2.43. The van der Waals surface area contributed by atoms with Crippen LogP contribution in [0, 0.1) is 0 Å². The lowest BCUT2D eigenvalue weighted by Gasteiger charge is -2.28. The van der Waals surface area contributed by atoms with E-state index in [-0.39, 0.29) is 30.2 Å². The number of amides is 3. The predicted molar refractivity (Wildman–Crippen MR) is 160 cm³/mol. The zero-order valence-corrected chi connectivity index (χ0v) is 23.5. The molecule has 6 rings (SSSR count). The van der Waals surface area contributed by atoms with Crippen molar-refractivity contribution in [2.24, 2.45) is 10.7 Å². The fraction of sp³-hybridized carbons (Fsp3) is 0.176. The van der Waals surface area contributed by atoms with Gasteiger partial charge in [-0.05, 0) is 39.9 Å². The molecule has 0 fully saturated rings. The Hall–Kier alpha value is -5.24. The van der Waals surface area contributed by atoms with Gasteiger partial charge in [-0.2, -0.15) is 0 Å². The maximum absolute atomic E-state index is 14.2. The van der Waals surface area contributed by atoms with Crippen LogP contribution in [0.4, 0.5) is 0 Å². The van der Waals surface area contributed by atoms with Crippen LogP contribution < -0.4 is 5.73 Å². The lowest BCUT2D eigenvalue weighted by molar-refractivity contribution is -0.133. The van der Waals surface area contributed by atoms with Gasteiger partial charge in [-0.1, -0.05) is 97.1 Å². The van der Waals surface area contributed by atoms with Gasteiger partial charge in [0.15, 0.2) is 11.5 Å². The summed E-state index contributed by atoms with van der Waals surface area (Å²) in [5.74, 6) is -0.573. The van der Waals surface area contributed by atoms with Crippen LogP contribution in [0.2, 0.25) is 0 Å². The smallest absolute Gasteiger partial charge is 0.266 e. The molecule has 2 heterocycles. The van der Waals surface area contributed by atoms with Crippen molar-refractivity contribution in [3.05, 3.63) is 143 Å². The van der Waals surface area contributed by atoms with Crippen molar-refractivity contribution in [3.8, 4) is 0 Å². The number of guanidine groups is 1. The molecule has 8 nitrogen and oxygen atoms in total. The molecule has 4 aromatic carbocycles. The molecule has 0 saturated heterocycles. The number of hydrogen-bond donors (Lipinski definition) is 1. The Morgan fingerprint density at radius 1 is 0.881 bits per heavy atom. The SMILES string of the molecule is CN(C)C(=O)C1c2ccccc2CN1C(=O)c1cccc(CN2C(=O)C(c3ccccc3)(c3ccccc3)N=C2N)c1. The van der Waals surface area contributed by atoms with E-state index in [4.69, 9.17) is 10.7 Å². The topological polar surface area (TPSA) is 99.3 Å². The van der Waals surface area contributed by atoms with E-state index in [0.29, 0.717) is 12.1 Å². The second-order valence-electron chi connectivity index (χ2n) is 10.8. The average molecular weight is 558 g/mol. The summed E-state index contributed by atoms with van der Waals surface area (Å²) in [6.07, 6.45) is 0. The summed E-state index contributed by atoms with van der Waals surface area (Å²) in [5.41, 5.74) is 9.51. The highest BCUT2D eigenvalue weighted by atomic mass is 16.2. The first-order chi connectivity index (χ1) is 20.3. The molecule has 2 aliphatic rings. The number of nitrogens with two attached hydrogens (primary N) is 1. The fourth-order valence-electron chi connectivity index (χ4n) is 5.87. The molecule has 4 aromatic rings. The lowest BCUT2D eigenvalue weighted by atomic mass is 9.83. The molecule has 0 radical (unpaired) electrons. The molecule has 0 aliphatic carbocycles. The maximum Gasteiger partial charge on any atom is 0.266 e. The van der Waals surface area contributed by atoms with Crippen LogP contribution in [0.3, 0.4) is 0 Å². The first-order valence-corrected chi connectivity index (χ1v) is 13.8. The summed E-state index contributed by atoms with van der Waals surface area (Å²) in [4.78, 5) is 50.6. The zero-order valence-electron chi connectivity index (χ0n) is 23.5. The highest BCUT2D eigenvalue weighted by Gasteiger charge is 2.50. The zero-order chi connectivity index (χ0) is 29.4. The average Bonchev–Trinajstić information content (AvgIpc) is 3.53. The first-order valence-electron chi connectivity index (χ1n) is 13.8. The standard InChI is InChI=1S/C34H31N5O3/c1-37(2)31(41)29-28-19-10-9-13-25(28)22-38(29)30(40)24-14-11-12-23(20-24)21-39-32(42)34(36-33(39)35,26-15-5-3-6-16-26)27-17-7-4-8-18-27/h3-20,29H,21-22H2,1-2H3,(H2,35,36). The van der Waals surface area contributed by atoms with Crippen molar-refractivity contribution in [1.82, 2.24) is 14.7 Å². The molecule has 2 aliphatic heterocycles. The third-order valence-electron chi connectivity index (χ3n) is 7.95. The fourth-order valence-corrected chi connectivity index (χ4v) is 5.87.